The molecule has 3 aromatic rings. The highest BCUT2D eigenvalue weighted by Gasteiger charge is 2.61. The summed E-state index contributed by atoms with van der Waals surface area (Å²) < 4.78 is 0. The summed E-state index contributed by atoms with van der Waals surface area (Å²) in [6, 6.07) is 21.1. The van der Waals surface area contributed by atoms with Gasteiger partial charge in [-0.2, -0.15) is 0 Å². The Kier molecular flexibility index (Phi) is 4.27. The van der Waals surface area contributed by atoms with E-state index in [0.29, 0.717) is 23.5 Å². The number of aryl methyl sites for hydroxylation is 1. The van der Waals surface area contributed by atoms with Gasteiger partial charge in [0.25, 0.3) is 0 Å². The maximum atomic E-state index is 12.1. The van der Waals surface area contributed by atoms with Crippen LogP contribution in [0.25, 0.3) is 10.8 Å². The molecule has 2 saturated carbocycles. The Morgan fingerprint density at radius 2 is 1.77 bits per heavy atom. The third-order valence-electron chi connectivity index (χ3n) is 9.39. The normalized spacial score (nSPS) is 34.2. The second-order valence-corrected chi connectivity index (χ2v) is 10.6. The fraction of sp³-hybridized carbons (Fsp3) is 0.448. The van der Waals surface area contributed by atoms with E-state index in [1.807, 2.05) is 12.1 Å². The number of rotatable bonds is 2. The van der Waals surface area contributed by atoms with Crippen molar-refractivity contribution < 1.29 is 10.2 Å². The lowest BCUT2D eigenvalue weighted by molar-refractivity contribution is -0.102. The molecule has 2 nitrogen and oxygen atoms in total. The fourth-order valence-corrected chi connectivity index (χ4v) is 7.73. The zero-order valence-electron chi connectivity index (χ0n) is 18.3. The van der Waals surface area contributed by atoms with Gasteiger partial charge in [0.1, 0.15) is 5.75 Å². The van der Waals surface area contributed by atoms with Gasteiger partial charge in [0, 0.05) is 6.42 Å². The lowest BCUT2D eigenvalue weighted by Gasteiger charge is -2.53. The zero-order valence-corrected chi connectivity index (χ0v) is 18.3. The Hall–Kier alpha value is -2.32. The van der Waals surface area contributed by atoms with Gasteiger partial charge in [-0.3, -0.25) is 0 Å². The molecule has 31 heavy (non-hydrogen) atoms. The van der Waals surface area contributed by atoms with Crippen LogP contribution in [0.2, 0.25) is 0 Å². The van der Waals surface area contributed by atoms with E-state index in [0.717, 1.165) is 38.5 Å². The first-order chi connectivity index (χ1) is 15.0. The molecule has 5 atom stereocenters. The number of phenols is 1. The Bertz CT molecular complexity index is 1150. The van der Waals surface area contributed by atoms with Crippen molar-refractivity contribution in [3.8, 4) is 5.75 Å². The van der Waals surface area contributed by atoms with Crippen LogP contribution >= 0.6 is 0 Å². The average molecular weight is 413 g/mol. The van der Waals surface area contributed by atoms with Crippen molar-refractivity contribution >= 4 is 10.8 Å². The van der Waals surface area contributed by atoms with Gasteiger partial charge in [-0.25, -0.2) is 0 Å². The molecule has 0 aromatic heterocycles. The number of hydrogen-bond acceptors (Lipinski definition) is 2. The number of phenolic OH excluding ortho intramolecular Hbond substituents is 1. The molecule has 0 aliphatic heterocycles. The summed E-state index contributed by atoms with van der Waals surface area (Å²) in [7, 11) is 0. The minimum atomic E-state index is -0.637. The molecule has 160 valence electrons. The van der Waals surface area contributed by atoms with Gasteiger partial charge in [-0.1, -0.05) is 55.5 Å². The van der Waals surface area contributed by atoms with Crippen molar-refractivity contribution in [2.75, 3.05) is 0 Å². The van der Waals surface area contributed by atoms with Crippen LogP contribution in [0.4, 0.5) is 0 Å². The van der Waals surface area contributed by atoms with Gasteiger partial charge in [0.05, 0.1) is 5.60 Å². The molecule has 0 radical (unpaired) electrons. The number of aliphatic hydroxyl groups is 1. The molecule has 3 aliphatic carbocycles. The maximum absolute atomic E-state index is 12.1. The largest absolute Gasteiger partial charge is 0.508 e. The monoisotopic (exact) mass is 412 g/mol. The minimum Gasteiger partial charge on any atom is -0.508 e. The molecular weight excluding hydrogens is 380 g/mol. The highest BCUT2D eigenvalue weighted by Crippen LogP contribution is 2.65. The summed E-state index contributed by atoms with van der Waals surface area (Å²) in [4.78, 5) is 0. The smallest absolute Gasteiger partial charge is 0.115 e. The van der Waals surface area contributed by atoms with Crippen LogP contribution in [0.3, 0.4) is 0 Å². The van der Waals surface area contributed by atoms with E-state index >= 15 is 0 Å². The van der Waals surface area contributed by atoms with Crippen molar-refractivity contribution in [1.29, 1.82) is 0 Å². The molecule has 6 rings (SSSR count). The average Bonchev–Trinajstić information content (AvgIpc) is 3.04. The first-order valence-electron chi connectivity index (χ1n) is 12.0. The number of benzene rings is 3. The van der Waals surface area contributed by atoms with Crippen molar-refractivity contribution in [3.05, 3.63) is 77.4 Å². The van der Waals surface area contributed by atoms with E-state index in [9.17, 15) is 10.2 Å². The molecule has 2 heteroatoms. The Morgan fingerprint density at radius 1 is 0.935 bits per heavy atom. The molecule has 0 unspecified atom stereocenters. The molecule has 3 aliphatic rings. The molecule has 2 N–H and O–H groups in total. The van der Waals surface area contributed by atoms with E-state index in [1.54, 1.807) is 0 Å². The first kappa shape index (κ1) is 19.4. The standard InChI is InChI=1S/C29H32O2/c1-28-15-13-25-24-12-10-22(30)17-20(24)9-11-26(25)27(28)14-16-29(28,31)18-21-7-4-6-19-5-2-3-8-23(19)21/h2-8,10,12,17,25-27,30-31H,9,11,13-16,18H2,1H3/t25-,26-,27+,28+,29-/m1/s1. The fourth-order valence-electron chi connectivity index (χ4n) is 7.73. The van der Waals surface area contributed by atoms with Crippen molar-refractivity contribution in [3.63, 3.8) is 0 Å². The zero-order chi connectivity index (χ0) is 21.2. The van der Waals surface area contributed by atoms with Gasteiger partial charge in [-0.05, 0) is 101 Å². The molecule has 0 heterocycles. The van der Waals surface area contributed by atoms with Gasteiger partial charge in [0.15, 0.2) is 0 Å². The van der Waals surface area contributed by atoms with Crippen LogP contribution in [0.1, 0.15) is 61.6 Å². The van der Waals surface area contributed by atoms with Crippen molar-refractivity contribution in [2.24, 2.45) is 17.3 Å². The molecule has 0 bridgehead atoms. The van der Waals surface area contributed by atoms with E-state index in [-0.39, 0.29) is 5.41 Å². The highest BCUT2D eigenvalue weighted by atomic mass is 16.3. The topological polar surface area (TPSA) is 40.5 Å². The second kappa shape index (κ2) is 6.84. The van der Waals surface area contributed by atoms with E-state index < -0.39 is 5.60 Å². The summed E-state index contributed by atoms with van der Waals surface area (Å²) in [6.45, 7) is 2.39. The predicted molar refractivity (Wildman–Crippen MR) is 125 cm³/mol. The summed E-state index contributed by atoms with van der Waals surface area (Å²) in [5.74, 6) is 2.20. The molecule has 0 spiro atoms. The highest BCUT2D eigenvalue weighted by molar-refractivity contribution is 5.85. The maximum Gasteiger partial charge on any atom is 0.115 e. The second-order valence-electron chi connectivity index (χ2n) is 10.6. The molecule has 0 amide bonds. The molecule has 3 aromatic carbocycles. The van der Waals surface area contributed by atoms with E-state index in [1.165, 1.54) is 33.9 Å². The van der Waals surface area contributed by atoms with E-state index in [2.05, 4.69) is 55.5 Å². The summed E-state index contributed by atoms with van der Waals surface area (Å²) in [6.07, 6.45) is 7.26. The number of aromatic hydroxyl groups is 1. The van der Waals surface area contributed by atoms with E-state index in [4.69, 9.17) is 0 Å². The number of hydrogen-bond donors (Lipinski definition) is 2. The lowest BCUT2D eigenvalue weighted by Crippen LogP contribution is -2.51. The van der Waals surface area contributed by atoms with Crippen LogP contribution < -0.4 is 0 Å². The molecule has 2 fully saturated rings. The Labute approximate surface area is 184 Å². The van der Waals surface area contributed by atoms with Gasteiger partial charge in [0.2, 0.25) is 0 Å². The summed E-state index contributed by atoms with van der Waals surface area (Å²) in [5.41, 5.74) is 3.42. The third-order valence-corrected chi connectivity index (χ3v) is 9.39. The van der Waals surface area contributed by atoms with Crippen LogP contribution in [-0.2, 0) is 12.8 Å². The third kappa shape index (κ3) is 2.80. The van der Waals surface area contributed by atoms with Crippen LogP contribution in [0.15, 0.2) is 60.7 Å². The molecular formula is C29H32O2. The quantitative estimate of drug-likeness (QED) is 0.513. The van der Waals surface area contributed by atoms with Gasteiger partial charge >= 0.3 is 0 Å². The first-order valence-corrected chi connectivity index (χ1v) is 12.0. The predicted octanol–water partition coefficient (Wildman–Crippen LogP) is 6.38. The Balaban J connectivity index is 1.33. The lowest BCUT2D eigenvalue weighted by atomic mass is 9.52. The van der Waals surface area contributed by atoms with Gasteiger partial charge < -0.3 is 10.2 Å². The van der Waals surface area contributed by atoms with Crippen molar-refractivity contribution in [2.45, 2.75) is 63.4 Å². The summed E-state index contributed by atoms with van der Waals surface area (Å²) in [5, 5.41) is 24.6. The Morgan fingerprint density at radius 3 is 2.68 bits per heavy atom. The summed E-state index contributed by atoms with van der Waals surface area (Å²) >= 11 is 0. The van der Waals surface area contributed by atoms with Crippen molar-refractivity contribution in [1.82, 2.24) is 0 Å². The number of fused-ring (bicyclic) bond motifs is 6. The SMILES string of the molecule is C[C@]12CC[C@@H]3c4ccc(O)cc4CC[C@H]3[C@@H]1CC[C@@]2(O)Cc1cccc2ccccc12. The van der Waals surface area contributed by atoms with Crippen LogP contribution in [-0.4, -0.2) is 15.8 Å². The van der Waals surface area contributed by atoms with Crippen LogP contribution in [0.5, 0.6) is 5.75 Å². The molecule has 0 saturated heterocycles. The minimum absolute atomic E-state index is 0.0282. The van der Waals surface area contributed by atoms with Gasteiger partial charge in [-0.15, -0.1) is 0 Å². The van der Waals surface area contributed by atoms with Crippen LogP contribution in [0, 0.1) is 17.3 Å².